The third kappa shape index (κ3) is 5.46. The van der Waals surface area contributed by atoms with E-state index < -0.39 is 17.1 Å². The molecular weight excluding hydrogens is 390 g/mol. The lowest BCUT2D eigenvalue weighted by molar-refractivity contribution is -0.148. The van der Waals surface area contributed by atoms with Gasteiger partial charge in [0, 0.05) is 0 Å². The minimum Gasteiger partial charge on any atom is -0.493 e. The fraction of sp³-hybridized carbons (Fsp3) is 0.500. The van der Waals surface area contributed by atoms with Crippen LogP contribution >= 0.6 is 0 Å². The Hall–Kier alpha value is -2.37. The molecule has 0 aliphatic carbocycles. The molecule has 1 amide bonds. The zero-order chi connectivity index (χ0) is 22.5. The maximum Gasteiger partial charge on any atom is 0.235 e. The molecule has 2 aromatic rings. The molecule has 0 bridgehead atoms. The van der Waals surface area contributed by atoms with Gasteiger partial charge in [0.25, 0.3) is 0 Å². The van der Waals surface area contributed by atoms with Crippen LogP contribution in [0.5, 0.6) is 5.75 Å². The molecule has 1 aliphatic heterocycles. The van der Waals surface area contributed by atoms with Gasteiger partial charge < -0.3 is 19.9 Å². The lowest BCUT2D eigenvalue weighted by atomic mass is 9.77. The summed E-state index contributed by atoms with van der Waals surface area (Å²) in [6.45, 7) is 9.13. The maximum atomic E-state index is 13.4. The molecule has 31 heavy (non-hydrogen) atoms. The fourth-order valence-corrected chi connectivity index (χ4v) is 4.00. The van der Waals surface area contributed by atoms with Crippen molar-refractivity contribution in [2.45, 2.75) is 57.6 Å². The van der Waals surface area contributed by atoms with Gasteiger partial charge in [0.05, 0.1) is 31.5 Å². The van der Waals surface area contributed by atoms with E-state index in [1.165, 1.54) is 0 Å². The van der Waals surface area contributed by atoms with Crippen molar-refractivity contribution in [2.75, 3.05) is 19.8 Å². The first kappa shape index (κ1) is 23.3. The number of benzene rings is 2. The van der Waals surface area contributed by atoms with Gasteiger partial charge in [0.15, 0.2) is 0 Å². The predicted octanol–water partition coefficient (Wildman–Crippen LogP) is 4.40. The Kier molecular flexibility index (Phi) is 7.39. The molecule has 2 N–H and O–H groups in total. The van der Waals surface area contributed by atoms with E-state index in [0.717, 1.165) is 29.7 Å². The molecule has 2 unspecified atom stereocenters. The van der Waals surface area contributed by atoms with E-state index in [1.807, 2.05) is 54.6 Å². The van der Waals surface area contributed by atoms with Crippen molar-refractivity contribution in [1.82, 2.24) is 5.32 Å². The second-order valence-corrected chi connectivity index (χ2v) is 9.27. The SMILES string of the molecule is CCCC(C)COc1ccc(C(NC(=O)C2(c3ccccc3)COC2)C(C)(C)O)cc1. The van der Waals surface area contributed by atoms with Crippen molar-refractivity contribution in [3.63, 3.8) is 0 Å². The number of hydrogen-bond acceptors (Lipinski definition) is 4. The third-order valence-electron chi connectivity index (χ3n) is 5.97. The molecule has 0 radical (unpaired) electrons. The molecule has 5 nitrogen and oxygen atoms in total. The monoisotopic (exact) mass is 425 g/mol. The van der Waals surface area contributed by atoms with E-state index in [1.54, 1.807) is 13.8 Å². The second kappa shape index (κ2) is 9.84. The summed E-state index contributed by atoms with van der Waals surface area (Å²) in [5.74, 6) is 1.17. The van der Waals surface area contributed by atoms with E-state index in [9.17, 15) is 9.90 Å². The van der Waals surface area contributed by atoms with Crippen molar-refractivity contribution in [3.05, 3.63) is 65.7 Å². The van der Waals surface area contributed by atoms with Crippen molar-refractivity contribution >= 4 is 5.91 Å². The van der Waals surface area contributed by atoms with E-state index in [4.69, 9.17) is 9.47 Å². The van der Waals surface area contributed by atoms with Crippen LogP contribution in [-0.2, 0) is 14.9 Å². The average molecular weight is 426 g/mol. The Labute approximate surface area is 185 Å². The highest BCUT2D eigenvalue weighted by atomic mass is 16.5. The molecule has 2 atom stereocenters. The topological polar surface area (TPSA) is 67.8 Å². The molecule has 0 saturated carbocycles. The first-order valence-corrected chi connectivity index (χ1v) is 11.2. The first-order chi connectivity index (χ1) is 14.8. The van der Waals surface area contributed by atoms with Crippen molar-refractivity contribution in [2.24, 2.45) is 5.92 Å². The molecule has 1 fully saturated rings. The smallest absolute Gasteiger partial charge is 0.235 e. The zero-order valence-corrected chi connectivity index (χ0v) is 19.1. The molecule has 1 aliphatic rings. The molecule has 1 saturated heterocycles. The van der Waals surface area contributed by atoms with Crippen LogP contribution in [0.3, 0.4) is 0 Å². The predicted molar refractivity (Wildman–Crippen MR) is 122 cm³/mol. The molecular formula is C26H35NO4. The number of hydrogen-bond donors (Lipinski definition) is 2. The number of ether oxygens (including phenoxy) is 2. The van der Waals surface area contributed by atoms with Crippen molar-refractivity contribution < 1.29 is 19.4 Å². The van der Waals surface area contributed by atoms with Crippen LogP contribution in [0.1, 0.15) is 57.7 Å². The zero-order valence-electron chi connectivity index (χ0n) is 19.1. The van der Waals surface area contributed by atoms with Crippen LogP contribution in [-0.4, -0.2) is 36.4 Å². The normalized spacial score (nSPS) is 17.3. The summed E-state index contributed by atoms with van der Waals surface area (Å²) in [6.07, 6.45) is 2.28. The van der Waals surface area contributed by atoms with Crippen LogP contribution in [0.15, 0.2) is 54.6 Å². The number of rotatable bonds is 10. The van der Waals surface area contributed by atoms with Gasteiger partial charge in [-0.1, -0.05) is 62.7 Å². The Morgan fingerprint density at radius 2 is 1.81 bits per heavy atom. The summed E-state index contributed by atoms with van der Waals surface area (Å²) in [5.41, 5.74) is -0.101. The average Bonchev–Trinajstić information content (AvgIpc) is 2.70. The Balaban J connectivity index is 1.74. The Morgan fingerprint density at radius 1 is 1.16 bits per heavy atom. The van der Waals surface area contributed by atoms with Gasteiger partial charge in [-0.15, -0.1) is 0 Å². The lowest BCUT2D eigenvalue weighted by Gasteiger charge is -2.42. The summed E-state index contributed by atoms with van der Waals surface area (Å²) >= 11 is 0. The van der Waals surface area contributed by atoms with Gasteiger partial charge >= 0.3 is 0 Å². The van der Waals surface area contributed by atoms with Gasteiger partial charge in [0.1, 0.15) is 11.2 Å². The molecule has 0 aromatic heterocycles. The number of carbonyl (C=O) groups is 1. The highest BCUT2D eigenvalue weighted by Crippen LogP contribution is 2.35. The van der Waals surface area contributed by atoms with Gasteiger partial charge in [-0.05, 0) is 49.4 Å². The van der Waals surface area contributed by atoms with Gasteiger partial charge in [-0.3, -0.25) is 4.79 Å². The minimum absolute atomic E-state index is 0.134. The standard InChI is InChI=1S/C26H35NO4/c1-5-9-19(2)16-31-22-14-12-20(13-15-22)23(25(3,4)29)27-24(28)26(17-30-18-26)21-10-7-6-8-11-21/h6-8,10-15,19,23,29H,5,9,16-18H2,1-4H3,(H,27,28). The number of carbonyl (C=O) groups excluding carboxylic acids is 1. The molecule has 2 aromatic carbocycles. The molecule has 1 heterocycles. The fourth-order valence-electron chi connectivity index (χ4n) is 4.00. The maximum absolute atomic E-state index is 13.4. The van der Waals surface area contributed by atoms with Crippen molar-refractivity contribution in [3.8, 4) is 5.75 Å². The second-order valence-electron chi connectivity index (χ2n) is 9.27. The number of amides is 1. The summed E-state index contributed by atoms with van der Waals surface area (Å²) in [5, 5.41) is 13.9. The summed E-state index contributed by atoms with van der Waals surface area (Å²) in [6, 6.07) is 16.8. The quantitative estimate of drug-likeness (QED) is 0.592. The van der Waals surface area contributed by atoms with Crippen molar-refractivity contribution in [1.29, 1.82) is 0 Å². The lowest BCUT2D eigenvalue weighted by Crippen LogP contribution is -2.59. The first-order valence-electron chi connectivity index (χ1n) is 11.2. The highest BCUT2D eigenvalue weighted by Gasteiger charge is 2.48. The van der Waals surface area contributed by atoms with E-state index in [-0.39, 0.29) is 5.91 Å². The van der Waals surface area contributed by atoms with Crippen LogP contribution < -0.4 is 10.1 Å². The van der Waals surface area contributed by atoms with Gasteiger partial charge in [0.2, 0.25) is 5.91 Å². The molecule has 5 heteroatoms. The Morgan fingerprint density at radius 3 is 2.32 bits per heavy atom. The number of nitrogens with one attached hydrogen (secondary N) is 1. The van der Waals surface area contributed by atoms with Crippen LogP contribution in [0.25, 0.3) is 0 Å². The molecule has 0 spiro atoms. The van der Waals surface area contributed by atoms with E-state index >= 15 is 0 Å². The van der Waals surface area contributed by atoms with Gasteiger partial charge in [-0.25, -0.2) is 0 Å². The van der Waals surface area contributed by atoms with E-state index in [2.05, 4.69) is 19.2 Å². The van der Waals surface area contributed by atoms with E-state index in [0.29, 0.717) is 25.7 Å². The largest absolute Gasteiger partial charge is 0.493 e. The summed E-state index contributed by atoms with van der Waals surface area (Å²) in [4.78, 5) is 13.4. The number of aliphatic hydroxyl groups is 1. The van der Waals surface area contributed by atoms with Gasteiger partial charge in [-0.2, -0.15) is 0 Å². The van der Waals surface area contributed by atoms with Crippen LogP contribution in [0, 0.1) is 5.92 Å². The van der Waals surface area contributed by atoms with Crippen LogP contribution in [0.4, 0.5) is 0 Å². The van der Waals surface area contributed by atoms with Crippen LogP contribution in [0.2, 0.25) is 0 Å². The minimum atomic E-state index is -1.14. The molecule has 3 rings (SSSR count). The summed E-state index contributed by atoms with van der Waals surface area (Å²) in [7, 11) is 0. The summed E-state index contributed by atoms with van der Waals surface area (Å²) < 4.78 is 11.3. The highest BCUT2D eigenvalue weighted by molar-refractivity contribution is 5.90. The molecule has 168 valence electrons. The third-order valence-corrected chi connectivity index (χ3v) is 5.97. The Bertz CT molecular complexity index is 838.